The SMILES string of the molecule is CCOC(=O)C(CC)Oc1ccc(F)cc1Cl. The van der Waals surface area contributed by atoms with Crippen LogP contribution in [0.15, 0.2) is 18.2 Å². The number of hydrogen-bond donors (Lipinski definition) is 0. The quantitative estimate of drug-likeness (QED) is 0.763. The van der Waals surface area contributed by atoms with Gasteiger partial charge in [0.1, 0.15) is 11.6 Å². The Labute approximate surface area is 104 Å². The Balaban J connectivity index is 2.77. The van der Waals surface area contributed by atoms with Crippen molar-refractivity contribution in [2.24, 2.45) is 0 Å². The number of carbonyl (C=O) groups excluding carboxylic acids is 1. The Morgan fingerprint density at radius 2 is 2.18 bits per heavy atom. The van der Waals surface area contributed by atoms with Crippen molar-refractivity contribution in [3.63, 3.8) is 0 Å². The zero-order chi connectivity index (χ0) is 12.8. The fourth-order valence-electron chi connectivity index (χ4n) is 1.26. The number of hydrogen-bond acceptors (Lipinski definition) is 3. The van der Waals surface area contributed by atoms with Gasteiger partial charge in [0.05, 0.1) is 11.6 Å². The second kappa shape index (κ2) is 6.45. The van der Waals surface area contributed by atoms with Crippen LogP contribution in [0.1, 0.15) is 20.3 Å². The highest BCUT2D eigenvalue weighted by Crippen LogP contribution is 2.26. The largest absolute Gasteiger partial charge is 0.477 e. The Kier molecular flexibility index (Phi) is 5.22. The van der Waals surface area contributed by atoms with Crippen molar-refractivity contribution >= 4 is 17.6 Å². The molecule has 0 amide bonds. The zero-order valence-electron chi connectivity index (χ0n) is 9.70. The van der Waals surface area contributed by atoms with Crippen molar-refractivity contribution < 1.29 is 18.7 Å². The molecule has 17 heavy (non-hydrogen) atoms. The molecule has 1 aromatic carbocycles. The van der Waals surface area contributed by atoms with Gasteiger partial charge in [-0.1, -0.05) is 18.5 Å². The second-order valence-electron chi connectivity index (χ2n) is 3.34. The first kappa shape index (κ1) is 13.8. The summed E-state index contributed by atoms with van der Waals surface area (Å²) in [6, 6.07) is 3.74. The minimum absolute atomic E-state index is 0.132. The summed E-state index contributed by atoms with van der Waals surface area (Å²) in [4.78, 5) is 11.5. The smallest absolute Gasteiger partial charge is 0.347 e. The van der Waals surface area contributed by atoms with E-state index in [4.69, 9.17) is 21.1 Å². The van der Waals surface area contributed by atoms with E-state index in [2.05, 4.69) is 0 Å². The average Bonchev–Trinajstić information content (AvgIpc) is 2.28. The number of benzene rings is 1. The summed E-state index contributed by atoms with van der Waals surface area (Å²) in [6.07, 6.45) is -0.273. The molecule has 0 aromatic heterocycles. The van der Waals surface area contributed by atoms with Gasteiger partial charge in [0.15, 0.2) is 6.10 Å². The van der Waals surface area contributed by atoms with Gasteiger partial charge in [0.25, 0.3) is 0 Å². The highest BCUT2D eigenvalue weighted by Gasteiger charge is 2.20. The van der Waals surface area contributed by atoms with Crippen molar-refractivity contribution in [3.05, 3.63) is 29.0 Å². The Morgan fingerprint density at radius 1 is 1.47 bits per heavy atom. The number of esters is 1. The number of carbonyl (C=O) groups is 1. The van der Waals surface area contributed by atoms with E-state index in [0.29, 0.717) is 6.42 Å². The molecular weight excluding hydrogens is 247 g/mol. The molecule has 94 valence electrons. The molecule has 0 N–H and O–H groups in total. The summed E-state index contributed by atoms with van der Waals surface area (Å²) in [6.45, 7) is 3.80. The first-order chi connectivity index (χ1) is 8.08. The Hall–Kier alpha value is -1.29. The number of ether oxygens (including phenoxy) is 2. The van der Waals surface area contributed by atoms with Gasteiger partial charge in [-0.3, -0.25) is 0 Å². The van der Waals surface area contributed by atoms with E-state index in [1.165, 1.54) is 12.1 Å². The first-order valence-electron chi connectivity index (χ1n) is 5.36. The predicted octanol–water partition coefficient (Wildman–Crippen LogP) is 3.20. The van der Waals surface area contributed by atoms with Gasteiger partial charge in [-0.25, -0.2) is 9.18 Å². The maximum absolute atomic E-state index is 12.8. The summed E-state index contributed by atoms with van der Waals surface area (Å²) < 4.78 is 23.1. The van der Waals surface area contributed by atoms with Crippen LogP contribution in [0, 0.1) is 5.82 Å². The molecule has 0 saturated heterocycles. The molecule has 1 atom stereocenters. The minimum Gasteiger partial charge on any atom is -0.477 e. The predicted molar refractivity (Wildman–Crippen MR) is 62.8 cm³/mol. The summed E-state index contributed by atoms with van der Waals surface area (Å²) in [5.41, 5.74) is 0. The van der Waals surface area contributed by atoms with Crippen LogP contribution in [0.4, 0.5) is 4.39 Å². The third-order valence-corrected chi connectivity index (χ3v) is 2.38. The molecule has 1 rings (SSSR count). The molecule has 0 aliphatic heterocycles. The molecule has 0 heterocycles. The molecule has 5 heteroatoms. The highest BCUT2D eigenvalue weighted by molar-refractivity contribution is 6.32. The molecule has 1 aromatic rings. The molecule has 0 saturated carbocycles. The fraction of sp³-hybridized carbons (Fsp3) is 0.417. The van der Waals surface area contributed by atoms with Crippen LogP contribution >= 0.6 is 11.6 Å². The molecular formula is C12H14ClFO3. The summed E-state index contributed by atoms with van der Waals surface area (Å²) in [5, 5.41) is 0.132. The van der Waals surface area contributed by atoms with E-state index < -0.39 is 17.9 Å². The van der Waals surface area contributed by atoms with Crippen LogP contribution in [-0.4, -0.2) is 18.7 Å². The van der Waals surface area contributed by atoms with Gasteiger partial charge >= 0.3 is 5.97 Å². The van der Waals surface area contributed by atoms with E-state index in [0.717, 1.165) is 6.07 Å². The van der Waals surface area contributed by atoms with Crippen molar-refractivity contribution in [3.8, 4) is 5.75 Å². The summed E-state index contributed by atoms with van der Waals surface area (Å²) in [5.74, 6) is -0.630. The van der Waals surface area contributed by atoms with Crippen LogP contribution in [0.25, 0.3) is 0 Å². The molecule has 0 bridgehead atoms. The van der Waals surface area contributed by atoms with E-state index >= 15 is 0 Å². The lowest BCUT2D eigenvalue weighted by molar-refractivity contribution is -0.151. The third kappa shape index (κ3) is 3.89. The molecule has 0 aliphatic rings. The average molecular weight is 261 g/mol. The summed E-state index contributed by atoms with van der Waals surface area (Å²) >= 11 is 5.80. The lowest BCUT2D eigenvalue weighted by atomic mass is 10.2. The van der Waals surface area contributed by atoms with Crippen LogP contribution in [0.5, 0.6) is 5.75 Å². The number of halogens is 2. The van der Waals surface area contributed by atoms with Gasteiger partial charge in [0.2, 0.25) is 0 Å². The van der Waals surface area contributed by atoms with Crippen LogP contribution < -0.4 is 4.74 Å². The maximum atomic E-state index is 12.8. The van der Waals surface area contributed by atoms with Crippen molar-refractivity contribution in [1.29, 1.82) is 0 Å². The first-order valence-corrected chi connectivity index (χ1v) is 5.74. The van der Waals surface area contributed by atoms with Gasteiger partial charge in [0, 0.05) is 0 Å². The number of rotatable bonds is 5. The molecule has 0 fully saturated rings. The van der Waals surface area contributed by atoms with Crippen molar-refractivity contribution in [1.82, 2.24) is 0 Å². The molecule has 0 radical (unpaired) electrons. The lowest BCUT2D eigenvalue weighted by Gasteiger charge is -2.16. The van der Waals surface area contributed by atoms with E-state index in [-0.39, 0.29) is 17.4 Å². The van der Waals surface area contributed by atoms with E-state index in [1.54, 1.807) is 13.8 Å². The van der Waals surface area contributed by atoms with Crippen LogP contribution in [0.2, 0.25) is 5.02 Å². The second-order valence-corrected chi connectivity index (χ2v) is 3.75. The third-order valence-electron chi connectivity index (χ3n) is 2.08. The summed E-state index contributed by atoms with van der Waals surface area (Å²) in [7, 11) is 0. The minimum atomic E-state index is -0.724. The highest BCUT2D eigenvalue weighted by atomic mass is 35.5. The molecule has 0 spiro atoms. The van der Waals surface area contributed by atoms with E-state index in [9.17, 15) is 9.18 Å². The Bertz CT molecular complexity index is 395. The zero-order valence-corrected chi connectivity index (χ0v) is 10.5. The fourth-order valence-corrected chi connectivity index (χ4v) is 1.47. The normalized spacial score (nSPS) is 12.0. The van der Waals surface area contributed by atoms with E-state index in [1.807, 2.05) is 0 Å². The van der Waals surface area contributed by atoms with Crippen LogP contribution in [0.3, 0.4) is 0 Å². The monoisotopic (exact) mass is 260 g/mol. The molecule has 1 unspecified atom stereocenters. The van der Waals surface area contributed by atoms with Crippen LogP contribution in [-0.2, 0) is 9.53 Å². The molecule has 3 nitrogen and oxygen atoms in total. The van der Waals surface area contributed by atoms with Gasteiger partial charge in [-0.05, 0) is 31.5 Å². The van der Waals surface area contributed by atoms with Gasteiger partial charge < -0.3 is 9.47 Å². The standard InChI is InChI=1S/C12H14ClFO3/c1-3-10(12(15)16-4-2)17-11-6-5-8(14)7-9(11)13/h5-7,10H,3-4H2,1-2H3. The topological polar surface area (TPSA) is 35.5 Å². The maximum Gasteiger partial charge on any atom is 0.347 e. The van der Waals surface area contributed by atoms with Gasteiger partial charge in [-0.15, -0.1) is 0 Å². The molecule has 0 aliphatic carbocycles. The lowest BCUT2D eigenvalue weighted by Crippen LogP contribution is -2.28. The van der Waals surface area contributed by atoms with Gasteiger partial charge in [-0.2, -0.15) is 0 Å². The Morgan fingerprint density at radius 3 is 2.71 bits per heavy atom. The van der Waals surface area contributed by atoms with Crippen molar-refractivity contribution in [2.75, 3.05) is 6.61 Å². The van der Waals surface area contributed by atoms with Crippen molar-refractivity contribution in [2.45, 2.75) is 26.4 Å².